The number of hydrogen-bond donors (Lipinski definition) is 1. The lowest BCUT2D eigenvalue weighted by Crippen LogP contribution is -2.50. The molecule has 5 atom stereocenters. The van der Waals surface area contributed by atoms with Crippen molar-refractivity contribution in [2.24, 2.45) is 52.3 Å². The van der Waals surface area contributed by atoms with Crippen LogP contribution in [-0.4, -0.2) is 0 Å². The number of fused-ring (bicyclic) bond motifs is 1. The van der Waals surface area contributed by atoms with Crippen LogP contribution >= 0.6 is 0 Å². The van der Waals surface area contributed by atoms with Gasteiger partial charge >= 0.3 is 0 Å². The molecule has 4 rings (SSSR count). The molecule has 3 nitrogen and oxygen atoms in total. The van der Waals surface area contributed by atoms with E-state index in [9.17, 15) is 0 Å². The first-order chi connectivity index (χ1) is 33.3. The van der Waals surface area contributed by atoms with Gasteiger partial charge in [-0.1, -0.05) is 474 Å². The summed E-state index contributed by atoms with van der Waals surface area (Å²) < 4.78 is 0. The van der Waals surface area contributed by atoms with Crippen LogP contribution in [0.5, 0.6) is 0 Å². The van der Waals surface area contributed by atoms with Gasteiger partial charge in [0.15, 0.2) is 0 Å². The molecule has 0 amide bonds. The predicted molar refractivity (Wildman–Crippen MR) is 469 cm³/mol. The highest BCUT2D eigenvalue weighted by molar-refractivity contribution is 5.03. The van der Waals surface area contributed by atoms with Crippen molar-refractivity contribution < 1.29 is 0 Å². The normalized spacial score (nSPS) is 15.3. The summed E-state index contributed by atoms with van der Waals surface area (Å²) in [6.07, 6.45) is 29.5. The molecule has 4 aliphatic carbocycles. The van der Waals surface area contributed by atoms with Gasteiger partial charge in [-0.25, -0.2) is 0 Å². The van der Waals surface area contributed by atoms with Gasteiger partial charge in [0.25, 0.3) is 0 Å². The first-order valence-corrected chi connectivity index (χ1v) is 32.3. The zero-order valence-electron chi connectivity index (χ0n) is 57.6. The minimum atomic E-state index is 0. The Morgan fingerprint density at radius 1 is 0.375 bits per heavy atom. The second-order valence-electron chi connectivity index (χ2n) is 17.1. The van der Waals surface area contributed by atoms with Crippen molar-refractivity contribution in [1.29, 1.82) is 5.53 Å². The molecular formula is C85H235N3. The van der Waals surface area contributed by atoms with E-state index in [1.54, 1.807) is 43.4 Å². The van der Waals surface area contributed by atoms with Gasteiger partial charge < -0.3 is 0 Å². The fourth-order valence-electron chi connectivity index (χ4n) is 9.10. The van der Waals surface area contributed by atoms with Crippen molar-refractivity contribution in [3.63, 3.8) is 0 Å². The molecule has 0 aliphatic heterocycles. The van der Waals surface area contributed by atoms with Gasteiger partial charge in [0.2, 0.25) is 0 Å². The summed E-state index contributed by atoms with van der Waals surface area (Å²) in [5.41, 5.74) is 13.4. The summed E-state index contributed by atoms with van der Waals surface area (Å²) in [5, 5.41) is 0. The largest absolute Gasteiger partial charge is 0.108 e. The van der Waals surface area contributed by atoms with Crippen molar-refractivity contribution in [3.8, 4) is 0 Å². The SMILES string of the molecule is C.C.C.C.C.C.C.C.C.C.C.C.C.C.C.C.C.C.C.CC.CC.CC.CC.CC.CC.CC.CC.CC.CC.CC.CC(C)C.CCC.CCC.CCC.CCC.CC[C@@]1(C(C)(C)C2CCCCC2)CC[C@H]2C[C@@H](C3CCCCC3)C[C@@H](C)[C@H]2C1.[N-]=[N+]=N. The van der Waals surface area contributed by atoms with Crippen LogP contribution in [0.4, 0.5) is 0 Å². The van der Waals surface area contributed by atoms with E-state index >= 15 is 0 Å². The Hall–Kier alpha value is -0.690. The average Bonchev–Trinajstić information content (AvgIpc) is 3.42. The molecule has 88 heavy (non-hydrogen) atoms. The summed E-state index contributed by atoms with van der Waals surface area (Å²) in [6, 6.07) is 0. The topological polar surface area (TPSA) is 60.3 Å². The average molecular weight is 1300 g/mol. The van der Waals surface area contributed by atoms with Crippen molar-refractivity contribution in [1.82, 2.24) is 0 Å². The molecule has 4 aliphatic rings. The Labute approximate surface area is 591 Å². The third kappa shape index (κ3) is 147. The third-order valence-corrected chi connectivity index (χ3v) is 11.2. The molecular weight excluding hydrogens is 1060 g/mol. The molecule has 590 valence electrons. The zero-order chi connectivity index (χ0) is 58.9. The Morgan fingerprint density at radius 3 is 0.784 bits per heavy atom. The van der Waals surface area contributed by atoms with Crippen molar-refractivity contribution >= 4 is 0 Å². The van der Waals surface area contributed by atoms with E-state index in [2.05, 4.69) is 104 Å². The Morgan fingerprint density at radius 2 is 0.580 bits per heavy atom. The summed E-state index contributed by atoms with van der Waals surface area (Å²) in [6.45, 7) is 78.1. The van der Waals surface area contributed by atoms with Gasteiger partial charge in [-0.3, -0.25) is 0 Å². The van der Waals surface area contributed by atoms with Gasteiger partial charge in [-0.05, 0) is 114 Å². The summed E-state index contributed by atoms with van der Waals surface area (Å²) >= 11 is 0. The molecule has 0 unspecified atom stereocenters. The molecule has 0 heterocycles. The van der Waals surface area contributed by atoms with E-state index in [1.807, 2.05) is 152 Å². The van der Waals surface area contributed by atoms with Crippen LogP contribution in [0, 0.1) is 57.8 Å². The fourth-order valence-corrected chi connectivity index (χ4v) is 9.10. The first-order valence-electron chi connectivity index (χ1n) is 32.3. The van der Waals surface area contributed by atoms with Crippen molar-refractivity contribution in [3.05, 3.63) is 10.4 Å². The second-order valence-corrected chi connectivity index (χ2v) is 17.1. The highest BCUT2D eigenvalue weighted by Crippen LogP contribution is 2.63. The van der Waals surface area contributed by atoms with Crippen LogP contribution in [0.1, 0.15) is 526 Å². The first kappa shape index (κ1) is 221. The highest BCUT2D eigenvalue weighted by Gasteiger charge is 2.53. The van der Waals surface area contributed by atoms with Crippen molar-refractivity contribution in [2.45, 2.75) is 526 Å². The van der Waals surface area contributed by atoms with E-state index in [0.29, 0.717) is 10.8 Å². The van der Waals surface area contributed by atoms with Gasteiger partial charge in [0.1, 0.15) is 0 Å². The van der Waals surface area contributed by atoms with Crippen LogP contribution in [0.2, 0.25) is 0 Å². The molecule has 0 saturated heterocycles. The molecule has 4 fully saturated rings. The fraction of sp³-hybridized carbons (Fsp3) is 1.00. The van der Waals surface area contributed by atoms with E-state index in [0.717, 1.165) is 41.4 Å². The van der Waals surface area contributed by atoms with Crippen LogP contribution in [0.3, 0.4) is 0 Å². The maximum Gasteiger partial charge on any atom is -0.00208 e. The van der Waals surface area contributed by atoms with Crippen LogP contribution in [0.15, 0.2) is 0 Å². The maximum atomic E-state index is 6.86. The number of hydrogen-bond acceptors (Lipinski definition) is 1. The van der Waals surface area contributed by atoms with Gasteiger partial charge in [0, 0.05) is 0 Å². The minimum Gasteiger partial charge on any atom is -0.108 e. The molecule has 0 radical (unpaired) electrons. The molecule has 3 heteroatoms. The molecule has 0 spiro atoms. The lowest BCUT2D eigenvalue weighted by Gasteiger charge is -2.59. The Balaban J connectivity index is -0.0000000142. The van der Waals surface area contributed by atoms with E-state index in [-0.39, 0.29) is 141 Å². The molecule has 4 saturated carbocycles. The smallest absolute Gasteiger partial charge is 0.00208 e. The molecule has 0 aromatic heterocycles. The van der Waals surface area contributed by atoms with Gasteiger partial charge in [-0.2, -0.15) is 0 Å². The maximum absolute atomic E-state index is 6.86. The lowest BCUT2D eigenvalue weighted by atomic mass is 9.46. The van der Waals surface area contributed by atoms with Crippen LogP contribution < -0.4 is 0 Å². The molecule has 0 bridgehead atoms. The summed E-state index contributed by atoms with van der Waals surface area (Å²) in [7, 11) is 0. The lowest BCUT2D eigenvalue weighted by molar-refractivity contribution is -0.0954. The standard InChI is InChI=1S/C28H50.C4H10.4C3H8.11C2H6.19CH4.HN3/c1-5-28(27(3,4)25-14-10-7-11-15-25)17-16-23-19-24(18-21(2)26(23)20-28)22-12-8-6-9-13-22;1-4(2)3;4*1-3-2;11*1-2;;;;;;;;;;;;;;;;;;;;1-3-2/h21-26H,5-20H2,1-4H3;4H,1-3H3;4*3H2,1-2H3;11*1-2H3;19*1H4;1H/t21-,23+,24+,26-,28-;;;;;;;;;;;;;;;;;;;;;;;;;;;;;;;;;;;;/m1..................................../s1. The Bertz CT molecular complexity index is 674. The molecule has 0 aromatic carbocycles. The van der Waals surface area contributed by atoms with E-state index < -0.39 is 0 Å². The highest BCUT2D eigenvalue weighted by atomic mass is 15.0. The number of nitrogens with zero attached hydrogens (tertiary/aromatic N) is 2. The zero-order valence-corrected chi connectivity index (χ0v) is 57.6. The van der Waals surface area contributed by atoms with Gasteiger partial charge in [-0.15, -0.1) is 5.53 Å². The molecule has 0 aromatic rings. The predicted octanol–water partition coefficient (Wildman–Crippen LogP) is 40.6. The molecule has 1 N–H and O–H groups in total. The monoisotopic (exact) mass is 1300 g/mol. The number of nitrogens with one attached hydrogen (secondary N) is 1. The summed E-state index contributed by atoms with van der Waals surface area (Å²) in [4.78, 5) is 1.75. The van der Waals surface area contributed by atoms with E-state index in [1.165, 1.54) is 89.9 Å². The number of rotatable bonds is 4. The van der Waals surface area contributed by atoms with Crippen LogP contribution in [-0.2, 0) is 0 Å². The Kier molecular flexibility index (Phi) is 554. The second kappa shape index (κ2) is 221. The van der Waals surface area contributed by atoms with Crippen molar-refractivity contribution in [2.75, 3.05) is 0 Å². The van der Waals surface area contributed by atoms with Gasteiger partial charge in [0.05, 0.1) is 0 Å². The minimum absolute atomic E-state index is 0. The summed E-state index contributed by atoms with van der Waals surface area (Å²) in [5.74, 6) is 7.09. The van der Waals surface area contributed by atoms with Crippen LogP contribution in [0.25, 0.3) is 10.4 Å². The quantitative estimate of drug-likeness (QED) is 0.166. The third-order valence-electron chi connectivity index (χ3n) is 11.2. The van der Waals surface area contributed by atoms with E-state index in [4.69, 9.17) is 11.1 Å².